The number of rotatable bonds is 4. The number of halogens is 3. The lowest BCUT2D eigenvalue weighted by Crippen LogP contribution is -2.27. The molecule has 144 valence electrons. The van der Waals surface area contributed by atoms with E-state index >= 15 is 0 Å². The molecule has 1 N–H and O–H groups in total. The molecule has 4 rings (SSSR count). The van der Waals surface area contributed by atoms with Crippen molar-refractivity contribution in [3.05, 3.63) is 65.7 Å². The molecule has 0 aliphatic heterocycles. The number of hydrogen-bond donors (Lipinski definition) is 1. The van der Waals surface area contributed by atoms with E-state index in [0.29, 0.717) is 16.7 Å². The molecule has 28 heavy (non-hydrogen) atoms. The van der Waals surface area contributed by atoms with Gasteiger partial charge in [-0.25, -0.2) is 9.67 Å². The van der Waals surface area contributed by atoms with Gasteiger partial charge in [-0.15, -0.1) is 0 Å². The Hall–Kier alpha value is -3.16. The Morgan fingerprint density at radius 1 is 1.14 bits per heavy atom. The number of carbonyl (C=O) groups is 1. The van der Waals surface area contributed by atoms with Crippen molar-refractivity contribution in [1.82, 2.24) is 20.1 Å². The van der Waals surface area contributed by atoms with Gasteiger partial charge < -0.3 is 5.32 Å². The average molecular weight is 386 g/mol. The van der Waals surface area contributed by atoms with Crippen molar-refractivity contribution in [1.29, 1.82) is 0 Å². The summed E-state index contributed by atoms with van der Waals surface area (Å²) in [6.45, 7) is 1.62. The highest BCUT2D eigenvalue weighted by molar-refractivity contribution is 5.98. The van der Waals surface area contributed by atoms with Crippen molar-refractivity contribution in [3.8, 4) is 16.8 Å². The van der Waals surface area contributed by atoms with E-state index in [0.717, 1.165) is 29.4 Å². The van der Waals surface area contributed by atoms with Gasteiger partial charge in [0.05, 0.1) is 5.69 Å². The van der Waals surface area contributed by atoms with Gasteiger partial charge in [-0.05, 0) is 48.6 Å². The van der Waals surface area contributed by atoms with E-state index < -0.39 is 12.0 Å². The minimum atomic E-state index is -4.66. The van der Waals surface area contributed by atoms with E-state index in [4.69, 9.17) is 0 Å². The third kappa shape index (κ3) is 3.49. The van der Waals surface area contributed by atoms with Gasteiger partial charge >= 0.3 is 6.18 Å². The smallest absolute Gasteiger partial charge is 0.349 e. The van der Waals surface area contributed by atoms with Crippen LogP contribution in [0.2, 0.25) is 0 Å². The van der Waals surface area contributed by atoms with Crippen LogP contribution in [0.25, 0.3) is 16.8 Å². The summed E-state index contributed by atoms with van der Waals surface area (Å²) in [6.07, 6.45) is -1.97. The Labute approximate surface area is 159 Å². The topological polar surface area (TPSA) is 59.8 Å². The molecule has 1 aliphatic carbocycles. The first kappa shape index (κ1) is 18.2. The van der Waals surface area contributed by atoms with E-state index in [2.05, 4.69) is 15.4 Å². The molecule has 1 fully saturated rings. The number of benzene rings is 2. The third-order valence-corrected chi connectivity index (χ3v) is 4.67. The Bertz CT molecular complexity index is 1020. The lowest BCUT2D eigenvalue weighted by Gasteiger charge is -2.16. The molecular weight excluding hydrogens is 369 g/mol. The molecule has 1 heterocycles. The Balaban J connectivity index is 1.90. The molecule has 1 aromatic heterocycles. The zero-order valence-electron chi connectivity index (χ0n) is 15.0. The number of nitrogens with one attached hydrogen (secondary N) is 1. The Morgan fingerprint density at radius 2 is 1.86 bits per heavy atom. The van der Waals surface area contributed by atoms with Gasteiger partial charge in [0.15, 0.2) is 0 Å². The SMILES string of the molecule is Cc1c(C(=O)NC2CC2)cc(-c2ccccc2)cc1-n1ncnc1C(F)(F)F. The molecule has 1 saturated carbocycles. The van der Waals surface area contributed by atoms with Crippen molar-refractivity contribution in [2.75, 3.05) is 0 Å². The Morgan fingerprint density at radius 3 is 2.50 bits per heavy atom. The zero-order chi connectivity index (χ0) is 19.9. The first-order valence-corrected chi connectivity index (χ1v) is 8.83. The van der Waals surface area contributed by atoms with Crippen LogP contribution in [-0.4, -0.2) is 26.7 Å². The number of amides is 1. The number of aromatic nitrogens is 3. The molecule has 0 unspecified atom stereocenters. The highest BCUT2D eigenvalue weighted by Gasteiger charge is 2.38. The minimum absolute atomic E-state index is 0.132. The lowest BCUT2D eigenvalue weighted by molar-refractivity contribution is -0.146. The molecule has 1 amide bonds. The fraction of sp³-hybridized carbons (Fsp3) is 0.250. The van der Waals surface area contributed by atoms with Crippen LogP contribution in [0, 0.1) is 6.92 Å². The summed E-state index contributed by atoms with van der Waals surface area (Å²) in [5.41, 5.74) is 2.33. The number of hydrogen-bond acceptors (Lipinski definition) is 3. The zero-order valence-corrected chi connectivity index (χ0v) is 15.0. The van der Waals surface area contributed by atoms with Crippen LogP contribution in [0.4, 0.5) is 13.2 Å². The summed E-state index contributed by atoms with van der Waals surface area (Å²) in [5, 5.41) is 6.68. The largest absolute Gasteiger partial charge is 0.451 e. The molecule has 0 radical (unpaired) electrons. The van der Waals surface area contributed by atoms with Crippen molar-refractivity contribution in [2.45, 2.75) is 32.0 Å². The highest BCUT2D eigenvalue weighted by atomic mass is 19.4. The summed E-state index contributed by atoms with van der Waals surface area (Å²) in [7, 11) is 0. The van der Waals surface area contributed by atoms with Crippen LogP contribution in [0.15, 0.2) is 48.8 Å². The maximum Gasteiger partial charge on any atom is 0.451 e. The summed E-state index contributed by atoms with van der Waals surface area (Å²) >= 11 is 0. The predicted octanol–water partition coefficient (Wildman–Crippen LogP) is 4.15. The van der Waals surface area contributed by atoms with Gasteiger partial charge in [-0.3, -0.25) is 4.79 Å². The van der Waals surface area contributed by atoms with Gasteiger partial charge in [0, 0.05) is 11.6 Å². The van der Waals surface area contributed by atoms with Crippen molar-refractivity contribution < 1.29 is 18.0 Å². The van der Waals surface area contributed by atoms with Crippen molar-refractivity contribution in [3.63, 3.8) is 0 Å². The summed E-state index contributed by atoms with van der Waals surface area (Å²) in [6, 6.07) is 12.6. The molecule has 0 spiro atoms. The van der Waals surface area contributed by atoms with Crippen LogP contribution >= 0.6 is 0 Å². The average Bonchev–Trinajstić information content (AvgIpc) is 3.32. The first-order chi connectivity index (χ1) is 13.3. The standard InChI is InChI=1S/C20H17F3N4O/c1-12-16(18(28)26-15-7-8-15)9-14(13-5-3-2-4-6-13)10-17(12)27-19(20(21,22)23)24-11-25-27/h2-6,9-11,15H,7-8H2,1H3,(H,26,28). The quantitative estimate of drug-likeness (QED) is 0.733. The van der Waals surface area contributed by atoms with Gasteiger partial charge in [-0.2, -0.15) is 18.3 Å². The normalized spacial score (nSPS) is 14.1. The van der Waals surface area contributed by atoms with Gasteiger partial charge in [0.2, 0.25) is 5.82 Å². The number of nitrogens with zero attached hydrogens (tertiary/aromatic N) is 3. The second kappa shape index (κ2) is 6.78. The van der Waals surface area contributed by atoms with Crippen LogP contribution in [0.1, 0.15) is 34.6 Å². The lowest BCUT2D eigenvalue weighted by atomic mass is 9.97. The van der Waals surface area contributed by atoms with Crippen molar-refractivity contribution >= 4 is 5.91 Å². The second-order valence-electron chi connectivity index (χ2n) is 6.77. The third-order valence-electron chi connectivity index (χ3n) is 4.67. The number of alkyl halides is 3. The molecule has 0 atom stereocenters. The van der Waals surface area contributed by atoms with E-state index in [1.54, 1.807) is 19.1 Å². The van der Waals surface area contributed by atoms with E-state index in [1.807, 2.05) is 30.3 Å². The maximum atomic E-state index is 13.4. The molecule has 5 nitrogen and oxygen atoms in total. The summed E-state index contributed by atoms with van der Waals surface area (Å²) < 4.78 is 40.8. The second-order valence-corrected chi connectivity index (χ2v) is 6.77. The molecule has 0 saturated heterocycles. The van der Waals surface area contributed by atoms with Gasteiger partial charge in [0.25, 0.3) is 5.91 Å². The van der Waals surface area contributed by atoms with E-state index in [-0.39, 0.29) is 17.6 Å². The molecule has 2 aromatic carbocycles. The van der Waals surface area contributed by atoms with Crippen LogP contribution in [0.5, 0.6) is 0 Å². The molecular formula is C20H17F3N4O. The fourth-order valence-corrected chi connectivity index (χ4v) is 3.05. The Kier molecular flexibility index (Phi) is 4.41. The van der Waals surface area contributed by atoms with Gasteiger partial charge in [-0.1, -0.05) is 30.3 Å². The molecule has 1 aliphatic rings. The van der Waals surface area contributed by atoms with Gasteiger partial charge in [0.1, 0.15) is 6.33 Å². The molecule has 3 aromatic rings. The monoisotopic (exact) mass is 386 g/mol. The maximum absolute atomic E-state index is 13.4. The van der Waals surface area contributed by atoms with Crippen LogP contribution < -0.4 is 5.32 Å². The van der Waals surface area contributed by atoms with Crippen LogP contribution in [-0.2, 0) is 6.18 Å². The highest BCUT2D eigenvalue weighted by Crippen LogP contribution is 2.33. The van der Waals surface area contributed by atoms with Crippen molar-refractivity contribution in [2.24, 2.45) is 0 Å². The number of carbonyl (C=O) groups excluding carboxylic acids is 1. The van der Waals surface area contributed by atoms with E-state index in [1.165, 1.54) is 0 Å². The summed E-state index contributed by atoms with van der Waals surface area (Å²) in [4.78, 5) is 16.1. The molecule has 0 bridgehead atoms. The predicted molar refractivity (Wildman–Crippen MR) is 97.0 cm³/mol. The van der Waals surface area contributed by atoms with E-state index in [9.17, 15) is 18.0 Å². The minimum Gasteiger partial charge on any atom is -0.349 e. The molecule has 8 heteroatoms. The first-order valence-electron chi connectivity index (χ1n) is 8.83. The fourth-order valence-electron chi connectivity index (χ4n) is 3.05. The summed E-state index contributed by atoms with van der Waals surface area (Å²) in [5.74, 6) is -1.43. The van der Waals surface area contributed by atoms with Crippen LogP contribution in [0.3, 0.4) is 0 Å².